The molecule has 5 heteroatoms. The van der Waals surface area contributed by atoms with Gasteiger partial charge in [0.15, 0.2) is 11.6 Å². The highest BCUT2D eigenvalue weighted by Gasteiger charge is 2.05. The first kappa shape index (κ1) is 12.4. The highest BCUT2D eigenvalue weighted by molar-refractivity contribution is 5.80. The van der Waals surface area contributed by atoms with Crippen molar-refractivity contribution in [3.8, 4) is 0 Å². The minimum absolute atomic E-state index is 0.0310. The molecule has 0 aliphatic carbocycles. The molecule has 0 saturated heterocycles. The Hall–Kier alpha value is -1.65. The SMILES string of the molecule is CC(C)NC(=O)CNc1ccc(F)c(F)c1. The van der Waals surface area contributed by atoms with Crippen LogP contribution in [0.25, 0.3) is 0 Å². The zero-order chi connectivity index (χ0) is 12.1. The van der Waals surface area contributed by atoms with Crippen LogP contribution in [-0.4, -0.2) is 18.5 Å². The second-order valence-electron chi connectivity index (χ2n) is 3.70. The van der Waals surface area contributed by atoms with E-state index in [1.54, 1.807) is 0 Å². The number of nitrogens with one attached hydrogen (secondary N) is 2. The number of rotatable bonds is 4. The maximum absolute atomic E-state index is 12.8. The quantitative estimate of drug-likeness (QED) is 0.826. The summed E-state index contributed by atoms with van der Waals surface area (Å²) in [5.41, 5.74) is 0.373. The third-order valence-electron chi connectivity index (χ3n) is 1.82. The second kappa shape index (κ2) is 5.44. The Morgan fingerprint density at radius 1 is 1.31 bits per heavy atom. The van der Waals surface area contributed by atoms with Crippen molar-refractivity contribution >= 4 is 11.6 Å². The molecule has 0 heterocycles. The smallest absolute Gasteiger partial charge is 0.239 e. The lowest BCUT2D eigenvalue weighted by Gasteiger charge is -2.10. The van der Waals surface area contributed by atoms with E-state index >= 15 is 0 Å². The van der Waals surface area contributed by atoms with Crippen molar-refractivity contribution in [2.45, 2.75) is 19.9 Å². The van der Waals surface area contributed by atoms with Crippen molar-refractivity contribution in [1.82, 2.24) is 5.32 Å². The van der Waals surface area contributed by atoms with Crippen molar-refractivity contribution < 1.29 is 13.6 Å². The number of halogens is 2. The van der Waals surface area contributed by atoms with Gasteiger partial charge in [0.25, 0.3) is 0 Å². The summed E-state index contributed by atoms with van der Waals surface area (Å²) in [6.45, 7) is 3.72. The summed E-state index contributed by atoms with van der Waals surface area (Å²) in [5, 5.41) is 5.37. The van der Waals surface area contributed by atoms with E-state index in [1.165, 1.54) is 6.07 Å². The van der Waals surface area contributed by atoms with Gasteiger partial charge in [-0.1, -0.05) is 0 Å². The van der Waals surface area contributed by atoms with E-state index in [4.69, 9.17) is 0 Å². The topological polar surface area (TPSA) is 41.1 Å². The third kappa shape index (κ3) is 3.84. The number of benzene rings is 1. The Morgan fingerprint density at radius 2 is 2.00 bits per heavy atom. The zero-order valence-electron chi connectivity index (χ0n) is 9.18. The lowest BCUT2D eigenvalue weighted by atomic mass is 10.3. The third-order valence-corrected chi connectivity index (χ3v) is 1.82. The summed E-state index contributed by atoms with van der Waals surface area (Å²) in [5.74, 6) is -2.04. The molecule has 16 heavy (non-hydrogen) atoms. The number of hydrogen-bond acceptors (Lipinski definition) is 2. The van der Waals surface area contributed by atoms with Crippen molar-refractivity contribution in [1.29, 1.82) is 0 Å². The van der Waals surface area contributed by atoms with Crippen molar-refractivity contribution in [2.24, 2.45) is 0 Å². The van der Waals surface area contributed by atoms with Gasteiger partial charge in [-0.15, -0.1) is 0 Å². The standard InChI is InChI=1S/C11H14F2N2O/c1-7(2)15-11(16)6-14-8-3-4-9(12)10(13)5-8/h3-5,7,14H,6H2,1-2H3,(H,15,16). The Kier molecular flexibility index (Phi) is 4.22. The summed E-state index contributed by atoms with van der Waals surface area (Å²) in [7, 11) is 0. The van der Waals surface area contributed by atoms with Crippen LogP contribution in [0.2, 0.25) is 0 Å². The highest BCUT2D eigenvalue weighted by atomic mass is 19.2. The molecular weight excluding hydrogens is 214 g/mol. The van der Waals surface area contributed by atoms with E-state index in [0.29, 0.717) is 5.69 Å². The Balaban J connectivity index is 2.48. The Labute approximate surface area is 92.8 Å². The molecule has 0 unspecified atom stereocenters. The average Bonchev–Trinajstić information content (AvgIpc) is 2.19. The largest absolute Gasteiger partial charge is 0.376 e. The maximum Gasteiger partial charge on any atom is 0.239 e. The van der Waals surface area contributed by atoms with E-state index in [1.807, 2.05) is 13.8 Å². The molecule has 0 saturated carbocycles. The molecule has 0 bridgehead atoms. The van der Waals surface area contributed by atoms with E-state index in [-0.39, 0.29) is 18.5 Å². The normalized spacial score (nSPS) is 10.3. The molecule has 2 N–H and O–H groups in total. The van der Waals surface area contributed by atoms with Crippen LogP contribution in [0.15, 0.2) is 18.2 Å². The summed E-state index contributed by atoms with van der Waals surface area (Å²) < 4.78 is 25.4. The van der Waals surface area contributed by atoms with Crippen molar-refractivity contribution in [2.75, 3.05) is 11.9 Å². The van der Waals surface area contributed by atoms with E-state index in [0.717, 1.165) is 12.1 Å². The molecule has 0 aromatic heterocycles. The lowest BCUT2D eigenvalue weighted by molar-refractivity contribution is -0.119. The number of carbonyl (C=O) groups excluding carboxylic acids is 1. The second-order valence-corrected chi connectivity index (χ2v) is 3.70. The molecule has 3 nitrogen and oxygen atoms in total. The van der Waals surface area contributed by atoms with Crippen LogP contribution in [-0.2, 0) is 4.79 Å². The lowest BCUT2D eigenvalue weighted by Crippen LogP contribution is -2.34. The maximum atomic E-state index is 12.8. The fourth-order valence-electron chi connectivity index (χ4n) is 1.16. The Morgan fingerprint density at radius 3 is 2.56 bits per heavy atom. The highest BCUT2D eigenvalue weighted by Crippen LogP contribution is 2.12. The van der Waals surface area contributed by atoms with Crippen LogP contribution < -0.4 is 10.6 Å². The monoisotopic (exact) mass is 228 g/mol. The summed E-state index contributed by atoms with van der Waals surface area (Å²) in [6.07, 6.45) is 0. The molecule has 1 aromatic carbocycles. The van der Waals surface area contributed by atoms with Crippen LogP contribution in [0.5, 0.6) is 0 Å². The number of carbonyl (C=O) groups is 1. The van der Waals surface area contributed by atoms with Gasteiger partial charge in [0.2, 0.25) is 5.91 Å². The molecule has 0 aliphatic heterocycles. The van der Waals surface area contributed by atoms with Gasteiger partial charge in [-0.25, -0.2) is 8.78 Å². The molecule has 0 fully saturated rings. The number of anilines is 1. The fraction of sp³-hybridized carbons (Fsp3) is 0.364. The summed E-state index contributed by atoms with van der Waals surface area (Å²) in [6, 6.07) is 3.45. The molecule has 0 radical (unpaired) electrons. The van der Waals surface area contributed by atoms with E-state index in [9.17, 15) is 13.6 Å². The number of amides is 1. The van der Waals surface area contributed by atoms with Crippen LogP contribution >= 0.6 is 0 Å². The van der Waals surface area contributed by atoms with Gasteiger partial charge in [0.1, 0.15) is 0 Å². The van der Waals surface area contributed by atoms with Crippen molar-refractivity contribution in [3.05, 3.63) is 29.8 Å². The van der Waals surface area contributed by atoms with Crippen LogP contribution in [0.4, 0.5) is 14.5 Å². The summed E-state index contributed by atoms with van der Waals surface area (Å²) >= 11 is 0. The van der Waals surface area contributed by atoms with E-state index < -0.39 is 11.6 Å². The average molecular weight is 228 g/mol. The molecule has 1 rings (SSSR count). The predicted molar refractivity (Wildman–Crippen MR) is 58.1 cm³/mol. The molecule has 0 atom stereocenters. The van der Waals surface area contributed by atoms with Gasteiger partial charge in [0.05, 0.1) is 6.54 Å². The zero-order valence-corrected chi connectivity index (χ0v) is 9.18. The van der Waals surface area contributed by atoms with Gasteiger partial charge < -0.3 is 10.6 Å². The molecule has 1 aromatic rings. The van der Waals surface area contributed by atoms with Gasteiger partial charge in [-0.2, -0.15) is 0 Å². The predicted octanol–water partition coefficient (Wildman–Crippen LogP) is 1.90. The van der Waals surface area contributed by atoms with Crippen LogP contribution in [0.1, 0.15) is 13.8 Å². The van der Waals surface area contributed by atoms with Crippen LogP contribution in [0, 0.1) is 11.6 Å². The van der Waals surface area contributed by atoms with Gasteiger partial charge in [-0.3, -0.25) is 4.79 Å². The molecule has 1 amide bonds. The fourth-order valence-corrected chi connectivity index (χ4v) is 1.16. The first-order valence-corrected chi connectivity index (χ1v) is 4.97. The first-order valence-electron chi connectivity index (χ1n) is 4.97. The van der Waals surface area contributed by atoms with Gasteiger partial charge in [-0.05, 0) is 26.0 Å². The van der Waals surface area contributed by atoms with Gasteiger partial charge in [0, 0.05) is 17.8 Å². The van der Waals surface area contributed by atoms with Gasteiger partial charge >= 0.3 is 0 Å². The first-order chi connectivity index (χ1) is 7.49. The molecular formula is C11H14F2N2O. The summed E-state index contributed by atoms with van der Waals surface area (Å²) in [4.78, 5) is 11.2. The molecule has 0 spiro atoms. The minimum atomic E-state index is -0.936. The molecule has 88 valence electrons. The Bertz CT molecular complexity index is 380. The van der Waals surface area contributed by atoms with E-state index in [2.05, 4.69) is 10.6 Å². The van der Waals surface area contributed by atoms with Crippen LogP contribution in [0.3, 0.4) is 0 Å². The number of hydrogen-bond donors (Lipinski definition) is 2. The molecule has 0 aliphatic rings. The minimum Gasteiger partial charge on any atom is -0.376 e. The van der Waals surface area contributed by atoms with Crippen molar-refractivity contribution in [3.63, 3.8) is 0 Å².